The van der Waals surface area contributed by atoms with E-state index < -0.39 is 11.7 Å². The van der Waals surface area contributed by atoms with Crippen molar-refractivity contribution in [1.29, 1.82) is 0 Å². The van der Waals surface area contributed by atoms with Crippen molar-refractivity contribution in [1.82, 2.24) is 16.2 Å². The number of nitrogens with zero attached hydrogens (tertiary/aromatic N) is 1. The lowest BCUT2D eigenvalue weighted by Crippen LogP contribution is -2.52. The lowest BCUT2D eigenvalue weighted by molar-refractivity contribution is 0.0154. The molecular weight excluding hydrogens is 494 g/mol. The molecule has 0 unspecified atom stereocenters. The molecule has 10 heteroatoms. The third-order valence-corrected chi connectivity index (χ3v) is 6.23. The zero-order chi connectivity index (χ0) is 21.0. The lowest BCUT2D eigenvalue weighted by atomic mass is 9.73. The monoisotopic (exact) mass is 518 g/mol. The van der Waals surface area contributed by atoms with Gasteiger partial charge in [-0.25, -0.2) is 24.9 Å². The molecule has 1 fully saturated rings. The normalized spacial score (nSPS) is 24.9. The van der Waals surface area contributed by atoms with E-state index in [1.165, 1.54) is 19.2 Å². The Balaban J connectivity index is 1.70. The van der Waals surface area contributed by atoms with Crippen LogP contribution >= 0.6 is 22.6 Å². The largest absolute Gasteiger partial charge is 0.435 e. The van der Waals surface area contributed by atoms with Crippen LogP contribution in [0.1, 0.15) is 44.6 Å². The van der Waals surface area contributed by atoms with Crippen LogP contribution in [0, 0.1) is 15.3 Å². The number of hydrazone groups is 1. The Bertz CT molecular complexity index is 811. The van der Waals surface area contributed by atoms with Gasteiger partial charge >= 0.3 is 12.1 Å². The van der Waals surface area contributed by atoms with E-state index in [9.17, 15) is 14.0 Å². The summed E-state index contributed by atoms with van der Waals surface area (Å²) in [6.45, 7) is 1.94. The van der Waals surface area contributed by atoms with Crippen molar-refractivity contribution in [2.45, 2.75) is 50.7 Å². The molecule has 2 aliphatic rings. The topological polar surface area (TPSA) is 101 Å². The molecule has 158 valence electrons. The van der Waals surface area contributed by atoms with Crippen LogP contribution in [0.15, 0.2) is 23.3 Å². The molecule has 8 nitrogen and oxygen atoms in total. The summed E-state index contributed by atoms with van der Waals surface area (Å²) in [5, 5.41) is 7.10. The van der Waals surface area contributed by atoms with Crippen molar-refractivity contribution in [2.75, 3.05) is 7.11 Å². The Kier molecular flexibility index (Phi) is 6.93. The Labute approximate surface area is 182 Å². The highest BCUT2D eigenvalue weighted by Gasteiger charge is 2.46. The molecule has 0 bridgehead atoms. The summed E-state index contributed by atoms with van der Waals surface area (Å²) in [6, 6.07) is 4.09. The van der Waals surface area contributed by atoms with Gasteiger partial charge in [-0.2, -0.15) is 5.10 Å². The van der Waals surface area contributed by atoms with Gasteiger partial charge in [-0.05, 0) is 85.7 Å². The fraction of sp³-hybridized carbons (Fsp3) is 0.526. The second kappa shape index (κ2) is 9.24. The van der Waals surface area contributed by atoms with E-state index in [1.54, 1.807) is 6.07 Å². The summed E-state index contributed by atoms with van der Waals surface area (Å²) in [5.74, 6) is 0.0527. The molecule has 29 heavy (non-hydrogen) atoms. The summed E-state index contributed by atoms with van der Waals surface area (Å²) in [7, 11) is 1.38. The Morgan fingerprint density at radius 2 is 2.21 bits per heavy atom. The average Bonchev–Trinajstić information content (AvgIpc) is 2.65. The molecule has 3 amide bonds. The van der Waals surface area contributed by atoms with Crippen molar-refractivity contribution >= 4 is 40.4 Å². The molecule has 1 aliphatic carbocycles. The highest BCUT2D eigenvalue weighted by molar-refractivity contribution is 14.1. The maximum Gasteiger partial charge on any atom is 0.428 e. The SMILES string of the molecule is CONC(=O)N[C@@H](C)CC1CCC2(CC1)OC(=O)NN=C2c1ccc(F)cc1I. The van der Waals surface area contributed by atoms with Gasteiger partial charge in [0.2, 0.25) is 0 Å². The standard InChI is InChI=1S/C19H24FIN4O4/c1-11(22-17(26)25-28-2)9-12-5-7-19(8-6-12)16(23-24-18(27)29-19)14-4-3-13(20)10-15(14)21/h3-4,10-12H,5-9H2,1-2H3,(H,24,27)(H2,22,25,26)/t11-,12?,19?/m0/s1. The van der Waals surface area contributed by atoms with E-state index in [-0.39, 0.29) is 17.9 Å². The summed E-state index contributed by atoms with van der Waals surface area (Å²) >= 11 is 2.07. The fourth-order valence-corrected chi connectivity index (χ4v) is 4.80. The number of ether oxygens (including phenoxy) is 1. The maximum atomic E-state index is 13.5. The van der Waals surface area contributed by atoms with Crippen molar-refractivity contribution in [2.24, 2.45) is 11.0 Å². The van der Waals surface area contributed by atoms with E-state index in [2.05, 4.69) is 48.8 Å². The number of hydrogen-bond donors (Lipinski definition) is 3. The van der Waals surface area contributed by atoms with Crippen LogP contribution in [0.2, 0.25) is 0 Å². The number of hydrogen-bond acceptors (Lipinski definition) is 5. The van der Waals surface area contributed by atoms with Gasteiger partial charge in [0, 0.05) is 15.2 Å². The maximum absolute atomic E-state index is 13.5. The number of benzene rings is 1. The first-order chi connectivity index (χ1) is 13.8. The van der Waals surface area contributed by atoms with Gasteiger partial charge in [0.25, 0.3) is 0 Å². The van der Waals surface area contributed by atoms with Crippen LogP contribution in [-0.4, -0.2) is 36.6 Å². The van der Waals surface area contributed by atoms with Gasteiger partial charge in [0.1, 0.15) is 11.5 Å². The molecule has 0 radical (unpaired) electrons. The van der Waals surface area contributed by atoms with Gasteiger partial charge in [-0.15, -0.1) is 0 Å². The summed E-state index contributed by atoms with van der Waals surface area (Å²) in [4.78, 5) is 28.1. The second-order valence-electron chi connectivity index (χ2n) is 7.44. The van der Waals surface area contributed by atoms with E-state index in [0.717, 1.165) is 24.8 Å². The van der Waals surface area contributed by atoms with Crippen LogP contribution in [0.4, 0.5) is 14.0 Å². The number of amides is 3. The number of carbonyl (C=O) groups excluding carboxylic acids is 2. The quantitative estimate of drug-likeness (QED) is 0.411. The molecular formula is C19H24FIN4O4. The molecule has 1 atom stereocenters. The third-order valence-electron chi connectivity index (χ3n) is 5.34. The molecule has 1 saturated carbocycles. The van der Waals surface area contributed by atoms with Crippen LogP contribution in [0.3, 0.4) is 0 Å². The smallest absolute Gasteiger partial charge is 0.428 e. The van der Waals surface area contributed by atoms with Gasteiger partial charge in [0.15, 0.2) is 5.60 Å². The molecule has 0 saturated heterocycles. The molecule has 1 spiro atoms. The predicted molar refractivity (Wildman–Crippen MR) is 113 cm³/mol. The van der Waals surface area contributed by atoms with Gasteiger partial charge in [-0.3, -0.25) is 4.84 Å². The Morgan fingerprint density at radius 3 is 2.86 bits per heavy atom. The van der Waals surface area contributed by atoms with Crippen molar-refractivity contribution in [3.63, 3.8) is 0 Å². The first-order valence-corrected chi connectivity index (χ1v) is 10.5. The Morgan fingerprint density at radius 1 is 1.48 bits per heavy atom. The van der Waals surface area contributed by atoms with Crippen LogP contribution in [0.25, 0.3) is 0 Å². The first kappa shape index (κ1) is 21.8. The minimum absolute atomic E-state index is 0.0223. The van der Waals surface area contributed by atoms with Crippen molar-refractivity contribution in [3.05, 3.63) is 33.1 Å². The molecule has 1 aromatic carbocycles. The van der Waals surface area contributed by atoms with E-state index in [0.29, 0.717) is 28.0 Å². The molecule has 1 aliphatic heterocycles. The fourth-order valence-electron chi connectivity index (χ4n) is 4.06. The number of hydroxylamine groups is 1. The number of nitrogens with one attached hydrogen (secondary N) is 3. The van der Waals surface area contributed by atoms with E-state index in [1.807, 2.05) is 6.92 Å². The van der Waals surface area contributed by atoms with Crippen molar-refractivity contribution < 1.29 is 23.6 Å². The lowest BCUT2D eigenvalue weighted by Gasteiger charge is -2.42. The minimum Gasteiger partial charge on any atom is -0.435 e. The van der Waals surface area contributed by atoms with Crippen LogP contribution < -0.4 is 16.2 Å². The zero-order valence-corrected chi connectivity index (χ0v) is 18.4. The van der Waals surface area contributed by atoms with Crippen LogP contribution in [-0.2, 0) is 9.57 Å². The molecule has 3 rings (SSSR count). The minimum atomic E-state index is -0.819. The third kappa shape index (κ3) is 5.16. The Hall–Kier alpha value is -1.95. The molecule has 3 N–H and O–H groups in total. The molecule has 1 aromatic rings. The summed E-state index contributed by atoms with van der Waals surface area (Å²) in [6.07, 6.45) is 3.11. The average molecular weight is 518 g/mol. The molecule has 0 aromatic heterocycles. The number of carbonyl (C=O) groups is 2. The zero-order valence-electron chi connectivity index (χ0n) is 16.3. The van der Waals surface area contributed by atoms with Gasteiger partial charge in [0.05, 0.1) is 7.11 Å². The first-order valence-electron chi connectivity index (χ1n) is 9.45. The van der Waals surface area contributed by atoms with Gasteiger partial charge < -0.3 is 10.1 Å². The van der Waals surface area contributed by atoms with Crippen LogP contribution in [0.5, 0.6) is 0 Å². The highest BCUT2D eigenvalue weighted by Crippen LogP contribution is 2.41. The number of rotatable bonds is 5. The van der Waals surface area contributed by atoms with Gasteiger partial charge in [-0.1, -0.05) is 0 Å². The predicted octanol–water partition coefficient (Wildman–Crippen LogP) is 3.44. The summed E-state index contributed by atoms with van der Waals surface area (Å²) in [5.41, 5.74) is 5.20. The number of halogens is 2. The van der Waals surface area contributed by atoms with Crippen molar-refractivity contribution in [3.8, 4) is 0 Å². The second-order valence-corrected chi connectivity index (χ2v) is 8.60. The molecule has 1 heterocycles. The summed E-state index contributed by atoms with van der Waals surface area (Å²) < 4.78 is 20.0. The van der Waals surface area contributed by atoms with E-state index in [4.69, 9.17) is 4.74 Å². The number of urea groups is 1. The van der Waals surface area contributed by atoms with E-state index >= 15 is 0 Å². The highest BCUT2D eigenvalue weighted by atomic mass is 127.